The maximum absolute atomic E-state index is 12.7. The van der Waals surface area contributed by atoms with Crippen LogP contribution >= 0.6 is 0 Å². The first kappa shape index (κ1) is 17.7. The Bertz CT molecular complexity index is 818. The largest absolute Gasteiger partial charge is 0.326 e. The molecule has 0 spiro atoms. The van der Waals surface area contributed by atoms with Crippen molar-refractivity contribution in [3.63, 3.8) is 0 Å². The minimum Gasteiger partial charge on any atom is -0.326 e. The number of nitrogens with one attached hydrogen (secondary N) is 1. The highest BCUT2D eigenvalue weighted by Crippen LogP contribution is 2.28. The van der Waals surface area contributed by atoms with Crippen LogP contribution in [0.2, 0.25) is 0 Å². The Kier molecular flexibility index (Phi) is 5.02. The highest BCUT2D eigenvalue weighted by atomic mass is 16.2. The van der Waals surface area contributed by atoms with Gasteiger partial charge >= 0.3 is 0 Å². The van der Waals surface area contributed by atoms with Gasteiger partial charge in [0.05, 0.1) is 5.92 Å². The molecule has 1 atom stereocenters. The van der Waals surface area contributed by atoms with Gasteiger partial charge in [-0.05, 0) is 36.4 Å². The third kappa shape index (κ3) is 3.74. The molecule has 26 heavy (non-hydrogen) atoms. The second kappa shape index (κ2) is 7.39. The molecule has 134 valence electrons. The molecule has 1 aliphatic heterocycles. The zero-order chi connectivity index (χ0) is 18.7. The molecule has 1 aliphatic rings. The monoisotopic (exact) mass is 351 g/mol. The van der Waals surface area contributed by atoms with Gasteiger partial charge in [0, 0.05) is 44.0 Å². The Labute approximate surface area is 152 Å². The lowest BCUT2D eigenvalue weighted by Gasteiger charge is -2.21. The maximum atomic E-state index is 12.7. The van der Waals surface area contributed by atoms with Crippen LogP contribution in [0.25, 0.3) is 0 Å². The predicted molar refractivity (Wildman–Crippen MR) is 101 cm³/mol. The standard InChI is InChI=1S/C20H21N3O3/c1-14(24)21-16-8-10-18(11-9-16)23-13-15(12-19(23)25)20(26)22(2)17-6-4-3-5-7-17/h3-11,15H,12-13H2,1-2H3,(H,21,24). The predicted octanol–water partition coefficient (Wildman–Crippen LogP) is 2.66. The first-order valence-corrected chi connectivity index (χ1v) is 8.46. The van der Waals surface area contributed by atoms with Crippen LogP contribution in [0.4, 0.5) is 17.1 Å². The molecule has 2 aromatic carbocycles. The first-order chi connectivity index (χ1) is 12.5. The second-order valence-electron chi connectivity index (χ2n) is 6.37. The third-order valence-electron chi connectivity index (χ3n) is 4.45. The Balaban J connectivity index is 1.70. The number of amides is 3. The van der Waals surface area contributed by atoms with Crippen LogP contribution in [0.3, 0.4) is 0 Å². The molecule has 6 heteroatoms. The van der Waals surface area contributed by atoms with Gasteiger partial charge in [-0.15, -0.1) is 0 Å². The smallest absolute Gasteiger partial charge is 0.232 e. The molecule has 0 aromatic heterocycles. The average Bonchev–Trinajstić information content (AvgIpc) is 3.03. The third-order valence-corrected chi connectivity index (χ3v) is 4.45. The van der Waals surface area contributed by atoms with Crippen molar-refractivity contribution in [1.82, 2.24) is 0 Å². The number of nitrogens with zero attached hydrogens (tertiary/aromatic N) is 2. The minimum atomic E-state index is -0.372. The van der Waals surface area contributed by atoms with Crippen molar-refractivity contribution in [2.24, 2.45) is 5.92 Å². The summed E-state index contributed by atoms with van der Waals surface area (Å²) in [6.07, 6.45) is 0.198. The Hall–Kier alpha value is -3.15. The van der Waals surface area contributed by atoms with E-state index < -0.39 is 0 Å². The van der Waals surface area contributed by atoms with E-state index in [1.54, 1.807) is 41.1 Å². The number of carbonyl (C=O) groups is 3. The van der Waals surface area contributed by atoms with Gasteiger partial charge in [-0.3, -0.25) is 14.4 Å². The average molecular weight is 351 g/mol. The van der Waals surface area contributed by atoms with Gasteiger partial charge in [0.2, 0.25) is 17.7 Å². The Morgan fingerprint density at radius 2 is 1.73 bits per heavy atom. The van der Waals surface area contributed by atoms with Crippen molar-refractivity contribution in [3.8, 4) is 0 Å². The van der Waals surface area contributed by atoms with Crippen molar-refractivity contribution < 1.29 is 14.4 Å². The normalized spacial score (nSPS) is 16.5. The number of hydrogen-bond donors (Lipinski definition) is 1. The van der Waals surface area contributed by atoms with E-state index in [4.69, 9.17) is 0 Å². The lowest BCUT2D eigenvalue weighted by atomic mass is 10.1. The molecule has 2 aromatic rings. The summed E-state index contributed by atoms with van der Waals surface area (Å²) in [6.45, 7) is 1.80. The van der Waals surface area contributed by atoms with Crippen molar-refractivity contribution in [2.75, 3.05) is 28.7 Å². The van der Waals surface area contributed by atoms with Crippen molar-refractivity contribution in [3.05, 3.63) is 54.6 Å². The van der Waals surface area contributed by atoms with E-state index in [9.17, 15) is 14.4 Å². The summed E-state index contributed by atoms with van der Waals surface area (Å²) < 4.78 is 0. The van der Waals surface area contributed by atoms with Gasteiger partial charge in [0.15, 0.2) is 0 Å². The Morgan fingerprint density at radius 1 is 1.08 bits per heavy atom. The van der Waals surface area contributed by atoms with Gasteiger partial charge in [-0.2, -0.15) is 0 Å². The molecule has 1 fully saturated rings. The minimum absolute atomic E-state index is 0.0677. The van der Waals surface area contributed by atoms with Crippen molar-refractivity contribution in [2.45, 2.75) is 13.3 Å². The molecule has 3 amide bonds. The Morgan fingerprint density at radius 3 is 2.35 bits per heavy atom. The number of benzene rings is 2. The summed E-state index contributed by atoms with van der Waals surface area (Å²) in [5, 5.41) is 2.69. The van der Waals surface area contributed by atoms with Crippen LogP contribution in [-0.2, 0) is 14.4 Å². The number of hydrogen-bond acceptors (Lipinski definition) is 3. The molecule has 3 rings (SSSR count). The van der Waals surface area contributed by atoms with Crippen LogP contribution < -0.4 is 15.1 Å². The molecule has 1 saturated heterocycles. The second-order valence-corrected chi connectivity index (χ2v) is 6.37. The summed E-state index contributed by atoms with van der Waals surface area (Å²) in [5.41, 5.74) is 2.20. The van der Waals surface area contributed by atoms with Gasteiger partial charge in [0.1, 0.15) is 0 Å². The van der Waals surface area contributed by atoms with Crippen LogP contribution in [0, 0.1) is 5.92 Å². The molecule has 1 N–H and O–H groups in total. The highest BCUT2D eigenvalue weighted by molar-refractivity contribution is 6.04. The van der Waals surface area contributed by atoms with E-state index in [0.717, 1.165) is 11.4 Å². The van der Waals surface area contributed by atoms with E-state index in [0.29, 0.717) is 12.2 Å². The van der Waals surface area contributed by atoms with Gasteiger partial charge in [0.25, 0.3) is 0 Å². The number of carbonyl (C=O) groups excluding carboxylic acids is 3. The first-order valence-electron chi connectivity index (χ1n) is 8.46. The summed E-state index contributed by atoms with van der Waals surface area (Å²) in [4.78, 5) is 39.4. The lowest BCUT2D eigenvalue weighted by molar-refractivity contribution is -0.124. The number of para-hydroxylation sites is 1. The molecule has 0 aliphatic carbocycles. The molecule has 1 heterocycles. The van der Waals surface area contributed by atoms with Crippen LogP contribution in [0.5, 0.6) is 0 Å². The summed E-state index contributed by atoms with van der Waals surface area (Å²) in [6, 6.07) is 16.4. The van der Waals surface area contributed by atoms with Gasteiger partial charge in [-0.25, -0.2) is 0 Å². The number of anilines is 3. The summed E-state index contributed by atoms with van der Waals surface area (Å²) in [5.74, 6) is -0.661. The van der Waals surface area contributed by atoms with Gasteiger partial charge < -0.3 is 15.1 Å². The van der Waals surface area contributed by atoms with E-state index in [2.05, 4.69) is 5.32 Å². The summed E-state index contributed by atoms with van der Waals surface area (Å²) in [7, 11) is 1.73. The topological polar surface area (TPSA) is 69.7 Å². The van der Waals surface area contributed by atoms with E-state index >= 15 is 0 Å². The molecule has 6 nitrogen and oxygen atoms in total. The summed E-state index contributed by atoms with van der Waals surface area (Å²) >= 11 is 0. The van der Waals surface area contributed by atoms with Crippen LogP contribution in [-0.4, -0.2) is 31.3 Å². The van der Waals surface area contributed by atoms with Gasteiger partial charge in [-0.1, -0.05) is 18.2 Å². The fourth-order valence-corrected chi connectivity index (χ4v) is 3.10. The van der Waals surface area contributed by atoms with E-state index in [1.165, 1.54) is 6.92 Å². The van der Waals surface area contributed by atoms with E-state index in [-0.39, 0.29) is 30.1 Å². The van der Waals surface area contributed by atoms with Crippen molar-refractivity contribution >= 4 is 34.8 Å². The zero-order valence-corrected chi connectivity index (χ0v) is 14.8. The van der Waals surface area contributed by atoms with Crippen molar-refractivity contribution in [1.29, 1.82) is 0 Å². The quantitative estimate of drug-likeness (QED) is 0.921. The molecule has 0 bridgehead atoms. The molecule has 0 saturated carbocycles. The van der Waals surface area contributed by atoms with Crippen LogP contribution in [0.1, 0.15) is 13.3 Å². The molecule has 0 radical (unpaired) electrons. The zero-order valence-electron chi connectivity index (χ0n) is 14.8. The highest BCUT2D eigenvalue weighted by Gasteiger charge is 2.36. The SMILES string of the molecule is CC(=O)Nc1ccc(N2CC(C(=O)N(C)c3ccccc3)CC2=O)cc1. The fourth-order valence-electron chi connectivity index (χ4n) is 3.10. The van der Waals surface area contributed by atoms with E-state index in [1.807, 2.05) is 30.3 Å². The molecular formula is C20H21N3O3. The molecule has 1 unspecified atom stereocenters. The fraction of sp³-hybridized carbons (Fsp3) is 0.250. The van der Waals surface area contributed by atoms with Crippen LogP contribution in [0.15, 0.2) is 54.6 Å². The number of rotatable bonds is 4. The molecular weight excluding hydrogens is 330 g/mol. The maximum Gasteiger partial charge on any atom is 0.232 e. The lowest BCUT2D eigenvalue weighted by Crippen LogP contribution is -2.34.